The molecule has 1 amide bonds. The highest BCUT2D eigenvalue weighted by Crippen LogP contribution is 2.34. The summed E-state index contributed by atoms with van der Waals surface area (Å²) in [7, 11) is -3.91. The van der Waals surface area contributed by atoms with E-state index in [2.05, 4.69) is 5.16 Å². The van der Waals surface area contributed by atoms with Crippen LogP contribution in [0.3, 0.4) is 0 Å². The van der Waals surface area contributed by atoms with Gasteiger partial charge in [0.15, 0.2) is 0 Å². The lowest BCUT2D eigenvalue weighted by atomic mass is 9.99. The molecule has 3 aromatic rings. The van der Waals surface area contributed by atoms with Crippen molar-refractivity contribution in [2.75, 3.05) is 0 Å². The van der Waals surface area contributed by atoms with E-state index in [4.69, 9.17) is 4.52 Å². The van der Waals surface area contributed by atoms with Crippen LogP contribution in [0.1, 0.15) is 12.7 Å². The molecule has 0 aliphatic rings. The van der Waals surface area contributed by atoms with E-state index in [1.807, 2.05) is 4.72 Å². The molecule has 0 spiro atoms. The Hall–Kier alpha value is -3.00. The number of aromatic nitrogens is 1. The number of rotatable bonds is 4. The third-order valence-electron chi connectivity index (χ3n) is 3.69. The summed E-state index contributed by atoms with van der Waals surface area (Å²) in [6, 6.07) is 11.9. The van der Waals surface area contributed by atoms with E-state index in [1.165, 1.54) is 24.3 Å². The largest absolute Gasteiger partial charge is 0.360 e. The Bertz CT molecular complexity index is 1070. The Balaban J connectivity index is 2.03. The minimum atomic E-state index is -3.91. The van der Waals surface area contributed by atoms with Crippen LogP contribution in [0.4, 0.5) is 4.39 Å². The summed E-state index contributed by atoms with van der Waals surface area (Å²) < 4.78 is 44.7. The van der Waals surface area contributed by atoms with E-state index >= 15 is 0 Å². The molecule has 0 aliphatic carbocycles. The maximum atomic E-state index is 13.5. The van der Waals surface area contributed by atoms with Crippen LogP contribution < -0.4 is 4.72 Å². The standard InChI is InChI=1S/C18H15FN2O4S/c1-11-17(18(20-25-11)14-4-3-5-15(19)10-14)13-6-8-16(9-7-13)26(23,24)21-12(2)22/h3-10H,1-2H3,(H,21,22). The summed E-state index contributed by atoms with van der Waals surface area (Å²) in [6.45, 7) is 2.84. The highest BCUT2D eigenvalue weighted by Gasteiger charge is 2.19. The van der Waals surface area contributed by atoms with Gasteiger partial charge < -0.3 is 4.52 Å². The second-order valence-electron chi connectivity index (χ2n) is 5.66. The van der Waals surface area contributed by atoms with Crippen molar-refractivity contribution in [2.24, 2.45) is 0 Å². The van der Waals surface area contributed by atoms with Gasteiger partial charge in [0.2, 0.25) is 5.91 Å². The van der Waals surface area contributed by atoms with Crippen molar-refractivity contribution >= 4 is 15.9 Å². The van der Waals surface area contributed by atoms with Crippen molar-refractivity contribution in [2.45, 2.75) is 18.7 Å². The zero-order valence-electron chi connectivity index (χ0n) is 14.0. The van der Waals surface area contributed by atoms with Crippen molar-refractivity contribution in [3.63, 3.8) is 0 Å². The molecule has 3 rings (SSSR count). The third-order valence-corrected chi connectivity index (χ3v) is 5.14. The van der Waals surface area contributed by atoms with Crippen molar-refractivity contribution in [3.8, 4) is 22.4 Å². The number of carbonyl (C=O) groups excluding carboxylic acids is 1. The Morgan fingerprint density at radius 2 is 1.81 bits per heavy atom. The summed E-state index contributed by atoms with van der Waals surface area (Å²) in [5.41, 5.74) is 2.30. The molecule has 0 saturated heterocycles. The normalized spacial score (nSPS) is 11.3. The van der Waals surface area contributed by atoms with E-state index in [9.17, 15) is 17.6 Å². The van der Waals surface area contributed by atoms with Crippen LogP contribution in [0.25, 0.3) is 22.4 Å². The van der Waals surface area contributed by atoms with Crippen LogP contribution in [0.2, 0.25) is 0 Å². The second kappa shape index (κ2) is 6.72. The van der Waals surface area contributed by atoms with Crippen LogP contribution in [-0.4, -0.2) is 19.5 Å². The fourth-order valence-corrected chi connectivity index (χ4v) is 3.58. The average Bonchev–Trinajstić information content (AvgIpc) is 2.95. The average molecular weight is 374 g/mol. The number of sulfonamides is 1. The topological polar surface area (TPSA) is 89.3 Å². The lowest BCUT2D eigenvalue weighted by molar-refractivity contribution is -0.117. The first-order chi connectivity index (χ1) is 12.3. The summed E-state index contributed by atoms with van der Waals surface area (Å²) >= 11 is 0. The van der Waals surface area contributed by atoms with Gasteiger partial charge >= 0.3 is 0 Å². The monoisotopic (exact) mass is 374 g/mol. The highest BCUT2D eigenvalue weighted by atomic mass is 32.2. The number of nitrogens with zero attached hydrogens (tertiary/aromatic N) is 1. The first-order valence-corrected chi connectivity index (χ1v) is 9.12. The summed E-state index contributed by atoms with van der Waals surface area (Å²) in [5.74, 6) is -0.551. The van der Waals surface area contributed by atoms with Gasteiger partial charge in [-0.15, -0.1) is 0 Å². The molecule has 1 N–H and O–H groups in total. The molecule has 0 aliphatic heterocycles. The van der Waals surface area contributed by atoms with Crippen molar-refractivity contribution in [1.82, 2.24) is 9.88 Å². The number of halogens is 1. The Morgan fingerprint density at radius 3 is 2.42 bits per heavy atom. The zero-order valence-corrected chi connectivity index (χ0v) is 14.8. The SMILES string of the molecule is CC(=O)NS(=O)(=O)c1ccc(-c2c(-c3cccc(F)c3)noc2C)cc1. The summed E-state index contributed by atoms with van der Waals surface area (Å²) in [6.07, 6.45) is 0. The van der Waals surface area contributed by atoms with Crippen LogP contribution >= 0.6 is 0 Å². The van der Waals surface area contributed by atoms with Gasteiger partial charge in [-0.05, 0) is 36.8 Å². The molecule has 0 atom stereocenters. The molecule has 1 aromatic heterocycles. The molecule has 1 heterocycles. The predicted molar refractivity (Wildman–Crippen MR) is 93.1 cm³/mol. The molecular weight excluding hydrogens is 359 g/mol. The third kappa shape index (κ3) is 3.50. The van der Waals surface area contributed by atoms with Gasteiger partial charge in [-0.25, -0.2) is 17.5 Å². The predicted octanol–water partition coefficient (Wildman–Crippen LogP) is 3.28. The number of carbonyl (C=O) groups is 1. The maximum absolute atomic E-state index is 13.5. The molecule has 0 radical (unpaired) electrons. The van der Waals surface area contributed by atoms with Crippen LogP contribution in [0.5, 0.6) is 0 Å². The molecule has 0 bridgehead atoms. The van der Waals surface area contributed by atoms with E-state index in [0.717, 1.165) is 6.92 Å². The van der Waals surface area contributed by atoms with E-state index in [0.29, 0.717) is 28.1 Å². The summed E-state index contributed by atoms with van der Waals surface area (Å²) in [4.78, 5) is 11.0. The first-order valence-electron chi connectivity index (χ1n) is 7.64. The van der Waals surface area contributed by atoms with Gasteiger partial charge in [-0.1, -0.05) is 29.4 Å². The van der Waals surface area contributed by atoms with Gasteiger partial charge in [0.05, 0.1) is 10.5 Å². The number of hydrogen-bond acceptors (Lipinski definition) is 5. The minimum absolute atomic E-state index is 0.0436. The van der Waals surface area contributed by atoms with Gasteiger partial charge in [0.1, 0.15) is 17.3 Å². The molecular formula is C18H15FN2O4S. The Kier molecular flexibility index (Phi) is 4.60. The maximum Gasteiger partial charge on any atom is 0.264 e. The molecule has 8 heteroatoms. The molecule has 134 valence electrons. The molecule has 0 unspecified atom stereocenters. The number of benzene rings is 2. The smallest absolute Gasteiger partial charge is 0.264 e. The minimum Gasteiger partial charge on any atom is -0.360 e. The fraction of sp³-hybridized carbons (Fsp3) is 0.111. The van der Waals surface area contributed by atoms with E-state index in [-0.39, 0.29) is 4.90 Å². The van der Waals surface area contributed by atoms with Gasteiger partial charge in [-0.2, -0.15) is 0 Å². The van der Waals surface area contributed by atoms with Crippen molar-refractivity contribution in [1.29, 1.82) is 0 Å². The van der Waals surface area contributed by atoms with Gasteiger partial charge in [-0.3, -0.25) is 4.79 Å². The fourth-order valence-electron chi connectivity index (χ4n) is 2.59. The van der Waals surface area contributed by atoms with Gasteiger partial charge in [0, 0.05) is 12.5 Å². The molecule has 26 heavy (non-hydrogen) atoms. The molecule has 0 fully saturated rings. The first kappa shape index (κ1) is 17.8. The number of amides is 1. The Morgan fingerprint density at radius 1 is 1.12 bits per heavy atom. The van der Waals surface area contributed by atoms with Gasteiger partial charge in [0.25, 0.3) is 10.0 Å². The van der Waals surface area contributed by atoms with Crippen molar-refractivity contribution in [3.05, 3.63) is 60.1 Å². The molecule has 0 saturated carbocycles. The number of aryl methyl sites for hydroxylation is 1. The van der Waals surface area contributed by atoms with Crippen LogP contribution in [0.15, 0.2) is 57.9 Å². The van der Waals surface area contributed by atoms with Crippen LogP contribution in [-0.2, 0) is 14.8 Å². The number of hydrogen-bond donors (Lipinski definition) is 1. The summed E-state index contributed by atoms with van der Waals surface area (Å²) in [5, 5.41) is 4.00. The zero-order chi connectivity index (χ0) is 18.9. The molecule has 2 aromatic carbocycles. The quantitative estimate of drug-likeness (QED) is 0.757. The number of nitrogens with one attached hydrogen (secondary N) is 1. The van der Waals surface area contributed by atoms with Crippen LogP contribution in [0, 0.1) is 12.7 Å². The lowest BCUT2D eigenvalue weighted by Crippen LogP contribution is -2.28. The highest BCUT2D eigenvalue weighted by molar-refractivity contribution is 7.90. The van der Waals surface area contributed by atoms with E-state index in [1.54, 1.807) is 31.2 Å². The van der Waals surface area contributed by atoms with Crippen molar-refractivity contribution < 1.29 is 22.1 Å². The van der Waals surface area contributed by atoms with E-state index < -0.39 is 21.7 Å². The lowest BCUT2D eigenvalue weighted by Gasteiger charge is -2.07. The molecule has 6 nitrogen and oxygen atoms in total. The Labute approximate surface area is 149 Å². The second-order valence-corrected chi connectivity index (χ2v) is 7.34.